The maximum absolute atomic E-state index is 12.7. The van der Waals surface area contributed by atoms with E-state index in [9.17, 15) is 9.59 Å². The molecule has 0 saturated heterocycles. The predicted molar refractivity (Wildman–Crippen MR) is 82.9 cm³/mol. The van der Waals surface area contributed by atoms with Gasteiger partial charge in [-0.2, -0.15) is 0 Å². The molecule has 1 fully saturated rings. The van der Waals surface area contributed by atoms with Crippen molar-refractivity contribution in [3.63, 3.8) is 0 Å². The summed E-state index contributed by atoms with van der Waals surface area (Å²) in [7, 11) is 0. The number of rotatable bonds is 3. The van der Waals surface area contributed by atoms with Crippen molar-refractivity contribution in [2.45, 2.75) is 44.2 Å². The van der Waals surface area contributed by atoms with Gasteiger partial charge >= 0.3 is 0 Å². The Kier molecular flexibility index (Phi) is 3.78. The summed E-state index contributed by atoms with van der Waals surface area (Å²) >= 11 is 0. The van der Waals surface area contributed by atoms with Crippen molar-refractivity contribution >= 4 is 17.5 Å². The van der Waals surface area contributed by atoms with Crippen LogP contribution in [0, 0.1) is 0 Å². The molecule has 0 radical (unpaired) electrons. The lowest BCUT2D eigenvalue weighted by molar-refractivity contribution is -0.122. The van der Waals surface area contributed by atoms with E-state index >= 15 is 0 Å². The van der Waals surface area contributed by atoms with Crippen LogP contribution in [-0.4, -0.2) is 30.0 Å². The Balaban J connectivity index is 1.87. The fourth-order valence-electron chi connectivity index (χ4n) is 3.15. The topological polar surface area (TPSA) is 93.4 Å². The van der Waals surface area contributed by atoms with Crippen molar-refractivity contribution in [3.05, 3.63) is 23.8 Å². The molecule has 4 N–H and O–H groups in total. The zero-order chi connectivity index (χ0) is 15.7. The molecule has 0 bridgehead atoms. The maximum atomic E-state index is 12.7. The molecule has 0 spiro atoms. The summed E-state index contributed by atoms with van der Waals surface area (Å²) in [6, 6.07) is 5.17. The van der Waals surface area contributed by atoms with Crippen LogP contribution in [-0.2, 0) is 4.79 Å². The van der Waals surface area contributed by atoms with Gasteiger partial charge in [0.05, 0.1) is 16.8 Å². The number of ether oxygens (including phenoxy) is 1. The zero-order valence-corrected chi connectivity index (χ0v) is 12.6. The molecule has 1 unspecified atom stereocenters. The molecular weight excluding hydrogens is 282 g/mol. The first-order chi connectivity index (χ1) is 10.5. The molecule has 0 aromatic heterocycles. The third-order valence-corrected chi connectivity index (χ3v) is 4.51. The molecule has 1 aliphatic carbocycles. The second-order valence-electron chi connectivity index (χ2n) is 6.08. The van der Waals surface area contributed by atoms with Gasteiger partial charge in [-0.25, -0.2) is 0 Å². The van der Waals surface area contributed by atoms with Gasteiger partial charge in [0.25, 0.3) is 11.8 Å². The lowest BCUT2D eigenvalue weighted by Crippen LogP contribution is -2.51. The average molecular weight is 303 g/mol. The van der Waals surface area contributed by atoms with E-state index in [0.29, 0.717) is 23.5 Å². The number of benzene rings is 1. The van der Waals surface area contributed by atoms with Crippen molar-refractivity contribution in [2.75, 3.05) is 11.9 Å². The van der Waals surface area contributed by atoms with Crippen LogP contribution in [0.1, 0.15) is 43.0 Å². The molecule has 1 aliphatic heterocycles. The highest BCUT2D eigenvalue weighted by Crippen LogP contribution is 2.34. The summed E-state index contributed by atoms with van der Waals surface area (Å²) < 4.78 is 5.62. The summed E-state index contributed by atoms with van der Waals surface area (Å²) in [6.07, 6.45) is 3.34. The molecule has 1 heterocycles. The number of carbonyl (C=O) groups excluding carboxylic acids is 2. The fraction of sp³-hybridized carbons (Fsp3) is 0.500. The average Bonchev–Trinajstić information content (AvgIpc) is 2.97. The Morgan fingerprint density at radius 2 is 2.18 bits per heavy atom. The number of para-hydroxylation sites is 1. The van der Waals surface area contributed by atoms with Crippen LogP contribution in [0.15, 0.2) is 18.2 Å². The molecule has 3 rings (SSSR count). The van der Waals surface area contributed by atoms with Crippen LogP contribution in [0.4, 0.5) is 5.69 Å². The van der Waals surface area contributed by atoms with Crippen LogP contribution in [0.5, 0.6) is 5.75 Å². The monoisotopic (exact) mass is 303 g/mol. The van der Waals surface area contributed by atoms with Crippen molar-refractivity contribution in [3.8, 4) is 5.75 Å². The number of fused-ring (bicyclic) bond motifs is 1. The van der Waals surface area contributed by atoms with Crippen molar-refractivity contribution < 1.29 is 14.3 Å². The van der Waals surface area contributed by atoms with Gasteiger partial charge in [0.15, 0.2) is 11.9 Å². The number of amides is 2. The molecule has 1 saturated carbocycles. The van der Waals surface area contributed by atoms with E-state index in [2.05, 4.69) is 10.6 Å². The summed E-state index contributed by atoms with van der Waals surface area (Å²) in [5.74, 6) is 0.0177. The lowest BCUT2D eigenvalue weighted by atomic mass is 9.97. The quantitative estimate of drug-likeness (QED) is 0.787. The Hall–Kier alpha value is -2.08. The molecule has 2 aliphatic rings. The summed E-state index contributed by atoms with van der Waals surface area (Å²) in [5, 5.41) is 5.83. The summed E-state index contributed by atoms with van der Waals surface area (Å²) in [4.78, 5) is 24.3. The summed E-state index contributed by atoms with van der Waals surface area (Å²) in [5.41, 5.74) is 6.52. The van der Waals surface area contributed by atoms with Gasteiger partial charge in [0.2, 0.25) is 0 Å². The van der Waals surface area contributed by atoms with Gasteiger partial charge in [0, 0.05) is 6.54 Å². The van der Waals surface area contributed by atoms with E-state index in [1.54, 1.807) is 25.1 Å². The van der Waals surface area contributed by atoms with E-state index in [1.807, 2.05) is 0 Å². The predicted octanol–water partition coefficient (Wildman–Crippen LogP) is 1.41. The first kappa shape index (κ1) is 14.8. The minimum Gasteiger partial charge on any atom is -0.478 e. The lowest BCUT2D eigenvalue weighted by Gasteiger charge is -2.30. The molecule has 6 nitrogen and oxygen atoms in total. The number of carbonyl (C=O) groups is 2. The van der Waals surface area contributed by atoms with Gasteiger partial charge in [-0.15, -0.1) is 0 Å². The number of nitrogens with two attached hydrogens (primary N) is 1. The van der Waals surface area contributed by atoms with Crippen molar-refractivity contribution in [1.29, 1.82) is 0 Å². The first-order valence-corrected chi connectivity index (χ1v) is 7.68. The van der Waals surface area contributed by atoms with Crippen molar-refractivity contribution in [1.82, 2.24) is 5.32 Å². The minimum atomic E-state index is -0.614. The van der Waals surface area contributed by atoms with Crippen LogP contribution < -0.4 is 21.1 Å². The van der Waals surface area contributed by atoms with Gasteiger partial charge in [-0.1, -0.05) is 18.9 Å². The van der Waals surface area contributed by atoms with Crippen LogP contribution >= 0.6 is 0 Å². The van der Waals surface area contributed by atoms with Gasteiger partial charge < -0.3 is 21.1 Å². The van der Waals surface area contributed by atoms with Crippen molar-refractivity contribution in [2.24, 2.45) is 5.73 Å². The second-order valence-corrected chi connectivity index (χ2v) is 6.08. The largest absolute Gasteiger partial charge is 0.478 e. The molecule has 2 amide bonds. The number of hydrogen-bond acceptors (Lipinski definition) is 4. The van der Waals surface area contributed by atoms with Gasteiger partial charge in [-0.05, 0) is 31.9 Å². The van der Waals surface area contributed by atoms with Gasteiger partial charge in [0.1, 0.15) is 0 Å². The highest BCUT2D eigenvalue weighted by molar-refractivity contribution is 6.04. The van der Waals surface area contributed by atoms with Crippen LogP contribution in [0.25, 0.3) is 0 Å². The number of hydrogen-bond donors (Lipinski definition) is 3. The zero-order valence-electron chi connectivity index (χ0n) is 12.6. The first-order valence-electron chi connectivity index (χ1n) is 7.68. The van der Waals surface area contributed by atoms with Crippen LogP contribution in [0.2, 0.25) is 0 Å². The van der Waals surface area contributed by atoms with E-state index in [0.717, 1.165) is 25.7 Å². The molecule has 1 aromatic rings. The molecule has 6 heteroatoms. The molecule has 22 heavy (non-hydrogen) atoms. The molecule has 1 aromatic carbocycles. The highest BCUT2D eigenvalue weighted by Gasteiger charge is 2.35. The van der Waals surface area contributed by atoms with E-state index in [-0.39, 0.29) is 17.4 Å². The standard InChI is InChI=1S/C16H21N3O3/c1-10-14(20)18-12-6-4-5-11(13(12)22-10)15(21)19-16(9-17)7-2-3-8-16/h4-6,10H,2-3,7-9,17H2,1H3,(H,18,20)(H,19,21). The maximum Gasteiger partial charge on any atom is 0.265 e. The Labute approximate surface area is 129 Å². The van der Waals surface area contributed by atoms with Gasteiger partial charge in [-0.3, -0.25) is 9.59 Å². The molecule has 1 atom stereocenters. The van der Waals surface area contributed by atoms with E-state index in [1.165, 1.54) is 0 Å². The highest BCUT2D eigenvalue weighted by atomic mass is 16.5. The third-order valence-electron chi connectivity index (χ3n) is 4.51. The number of nitrogens with one attached hydrogen (secondary N) is 2. The Bertz CT molecular complexity index is 609. The smallest absolute Gasteiger partial charge is 0.265 e. The Morgan fingerprint density at radius 3 is 2.86 bits per heavy atom. The van der Waals surface area contributed by atoms with E-state index in [4.69, 9.17) is 10.5 Å². The number of anilines is 1. The van der Waals surface area contributed by atoms with Crippen LogP contribution in [0.3, 0.4) is 0 Å². The minimum absolute atomic E-state index is 0.201. The second kappa shape index (κ2) is 5.61. The molecular formula is C16H21N3O3. The third kappa shape index (κ3) is 2.54. The molecule has 118 valence electrons. The van der Waals surface area contributed by atoms with E-state index < -0.39 is 6.10 Å². The normalized spacial score (nSPS) is 22.5. The Morgan fingerprint density at radius 1 is 1.45 bits per heavy atom. The SMILES string of the molecule is CC1Oc2c(cccc2C(=O)NC2(CN)CCCC2)NC1=O. The fourth-order valence-corrected chi connectivity index (χ4v) is 3.15. The summed E-state index contributed by atoms with van der Waals surface area (Å²) in [6.45, 7) is 2.09.